The van der Waals surface area contributed by atoms with E-state index in [1.165, 1.54) is 0 Å². The second-order valence-corrected chi connectivity index (χ2v) is 3.87. The number of rotatable bonds is 4. The Balaban J connectivity index is 2.46. The number of hydrogen-bond donors (Lipinski definition) is 1. The Kier molecular flexibility index (Phi) is 4.64. The summed E-state index contributed by atoms with van der Waals surface area (Å²) in [6.45, 7) is 0.0295. The highest BCUT2D eigenvalue weighted by Crippen LogP contribution is 2.04. The first-order valence-corrected chi connectivity index (χ1v) is 5.61. The fraction of sp³-hybridized carbons (Fsp3) is 0.200. The second kappa shape index (κ2) is 6.00. The summed E-state index contributed by atoms with van der Waals surface area (Å²) in [4.78, 5) is 10.9. The lowest BCUT2D eigenvalue weighted by Gasteiger charge is -2.03. The molecule has 0 radical (unpaired) electrons. The van der Waals surface area contributed by atoms with Crippen molar-refractivity contribution in [3.8, 4) is 6.07 Å². The Labute approximate surface area is 94.9 Å². The van der Waals surface area contributed by atoms with Crippen molar-refractivity contribution in [3.63, 3.8) is 0 Å². The first kappa shape index (κ1) is 12.4. The van der Waals surface area contributed by atoms with Crippen LogP contribution in [-0.2, 0) is 27.2 Å². The molecule has 5 nitrogen and oxygen atoms in total. The molecule has 1 unspecified atom stereocenters. The van der Waals surface area contributed by atoms with Crippen molar-refractivity contribution in [3.05, 3.63) is 35.4 Å². The molecule has 0 aliphatic rings. The number of esters is 1. The second-order valence-electron chi connectivity index (χ2n) is 2.94. The van der Waals surface area contributed by atoms with E-state index in [0.29, 0.717) is 5.56 Å². The van der Waals surface area contributed by atoms with Gasteiger partial charge >= 0.3 is 5.97 Å². The van der Waals surface area contributed by atoms with Gasteiger partial charge in [-0.1, -0.05) is 12.1 Å². The molecule has 6 heteroatoms. The molecule has 0 fully saturated rings. The van der Waals surface area contributed by atoms with Crippen LogP contribution in [0.3, 0.4) is 0 Å². The Hall–Kier alpha value is -1.71. The number of benzene rings is 1. The lowest BCUT2D eigenvalue weighted by molar-refractivity contribution is -0.141. The average Bonchev–Trinajstić information content (AvgIpc) is 2.26. The number of nitrogens with zero attached hydrogens (tertiary/aromatic N) is 1. The monoisotopic (exact) mass is 239 g/mol. The fourth-order valence-electron chi connectivity index (χ4n) is 0.982. The van der Waals surface area contributed by atoms with Crippen LogP contribution in [0.2, 0.25) is 0 Å². The zero-order chi connectivity index (χ0) is 12.0. The maximum atomic E-state index is 10.9. The molecule has 0 heterocycles. The van der Waals surface area contributed by atoms with Crippen LogP contribution in [0.4, 0.5) is 0 Å². The smallest absolute Gasteiger partial charge is 0.321 e. The Morgan fingerprint density at radius 2 is 2.06 bits per heavy atom. The Morgan fingerprint density at radius 3 is 2.56 bits per heavy atom. The largest absolute Gasteiger partial charge is 0.460 e. The Bertz CT molecular complexity index is 435. The van der Waals surface area contributed by atoms with Gasteiger partial charge in [0.1, 0.15) is 12.4 Å². The summed E-state index contributed by atoms with van der Waals surface area (Å²) in [6.07, 6.45) is 0. The molecule has 1 atom stereocenters. The van der Waals surface area contributed by atoms with Gasteiger partial charge in [0.05, 0.1) is 11.6 Å². The van der Waals surface area contributed by atoms with Gasteiger partial charge in [-0.3, -0.25) is 4.79 Å². The molecule has 0 amide bonds. The Morgan fingerprint density at radius 1 is 1.44 bits per heavy atom. The van der Waals surface area contributed by atoms with Gasteiger partial charge in [0, 0.05) is 0 Å². The maximum Gasteiger partial charge on any atom is 0.321 e. The van der Waals surface area contributed by atoms with E-state index in [4.69, 9.17) is 14.6 Å². The minimum Gasteiger partial charge on any atom is -0.460 e. The van der Waals surface area contributed by atoms with E-state index in [2.05, 4.69) is 0 Å². The lowest BCUT2D eigenvalue weighted by atomic mass is 10.2. The third kappa shape index (κ3) is 4.21. The van der Waals surface area contributed by atoms with Gasteiger partial charge in [-0.05, 0) is 17.7 Å². The van der Waals surface area contributed by atoms with Crippen molar-refractivity contribution < 1.29 is 18.3 Å². The molecule has 0 aliphatic heterocycles. The molecule has 1 N–H and O–H groups in total. The summed E-state index contributed by atoms with van der Waals surface area (Å²) in [5.41, 5.74) is 1.24. The van der Waals surface area contributed by atoms with Crippen LogP contribution in [0, 0.1) is 11.3 Å². The van der Waals surface area contributed by atoms with Crippen LogP contribution in [0.15, 0.2) is 24.3 Å². The predicted molar refractivity (Wildman–Crippen MR) is 56.6 cm³/mol. The minimum atomic E-state index is -2.18. The zero-order valence-corrected chi connectivity index (χ0v) is 9.07. The molecule has 1 rings (SSSR count). The average molecular weight is 239 g/mol. The van der Waals surface area contributed by atoms with Crippen LogP contribution >= 0.6 is 0 Å². The first-order valence-electron chi connectivity index (χ1n) is 4.34. The summed E-state index contributed by atoms with van der Waals surface area (Å²) >= 11 is -2.18. The minimum absolute atomic E-state index is 0.0295. The normalized spacial score (nSPS) is 11.5. The summed E-state index contributed by atoms with van der Waals surface area (Å²) in [5, 5.41) is 8.55. The molecule has 0 saturated carbocycles. The van der Waals surface area contributed by atoms with E-state index in [9.17, 15) is 9.00 Å². The predicted octanol–water partition coefficient (Wildman–Crippen LogP) is 0.823. The summed E-state index contributed by atoms with van der Waals surface area (Å²) in [6, 6.07) is 8.48. The standard InChI is InChI=1S/C10H9NO4S/c11-5-8-1-3-9(4-2-8)6-15-10(12)7-16(13)14/h1-4H,6-7H2,(H,13,14). The van der Waals surface area contributed by atoms with Crippen LogP contribution in [0.1, 0.15) is 11.1 Å². The van der Waals surface area contributed by atoms with E-state index in [0.717, 1.165) is 5.56 Å². The lowest BCUT2D eigenvalue weighted by Crippen LogP contribution is -2.13. The van der Waals surface area contributed by atoms with Gasteiger partial charge < -0.3 is 9.29 Å². The van der Waals surface area contributed by atoms with Crippen molar-refractivity contribution in [2.75, 3.05) is 5.75 Å². The molecule has 0 bridgehead atoms. The third-order valence-electron chi connectivity index (χ3n) is 1.72. The van der Waals surface area contributed by atoms with E-state index >= 15 is 0 Å². The number of ether oxygens (including phenoxy) is 1. The first-order chi connectivity index (χ1) is 7.61. The molecule has 0 saturated heterocycles. The summed E-state index contributed by atoms with van der Waals surface area (Å²) < 4.78 is 23.4. The van der Waals surface area contributed by atoms with E-state index in [1.807, 2.05) is 6.07 Å². The fourth-order valence-corrected chi connectivity index (χ4v) is 1.27. The van der Waals surface area contributed by atoms with Crippen molar-refractivity contribution in [2.24, 2.45) is 0 Å². The van der Waals surface area contributed by atoms with E-state index < -0.39 is 22.8 Å². The number of nitriles is 1. The van der Waals surface area contributed by atoms with Crippen LogP contribution in [-0.4, -0.2) is 20.5 Å². The third-order valence-corrected chi connectivity index (χ3v) is 2.21. The van der Waals surface area contributed by atoms with Gasteiger partial charge in [0.2, 0.25) is 0 Å². The van der Waals surface area contributed by atoms with Gasteiger partial charge in [-0.2, -0.15) is 5.26 Å². The number of carbonyl (C=O) groups is 1. The number of carbonyl (C=O) groups excluding carboxylic acids is 1. The van der Waals surface area contributed by atoms with Crippen molar-refractivity contribution >= 4 is 17.0 Å². The van der Waals surface area contributed by atoms with Gasteiger partial charge in [0.25, 0.3) is 0 Å². The van der Waals surface area contributed by atoms with Gasteiger partial charge in [-0.25, -0.2) is 4.21 Å². The van der Waals surface area contributed by atoms with E-state index in [1.54, 1.807) is 24.3 Å². The summed E-state index contributed by atoms with van der Waals surface area (Å²) in [5.74, 6) is -1.26. The molecular weight excluding hydrogens is 230 g/mol. The highest BCUT2D eigenvalue weighted by atomic mass is 32.2. The molecular formula is C10H9NO4S. The number of hydrogen-bond acceptors (Lipinski definition) is 4. The quantitative estimate of drug-likeness (QED) is 0.621. The van der Waals surface area contributed by atoms with Crippen molar-refractivity contribution in [1.29, 1.82) is 5.26 Å². The molecule has 84 valence electrons. The summed E-state index contributed by atoms with van der Waals surface area (Å²) in [7, 11) is 0. The molecule has 1 aromatic carbocycles. The van der Waals surface area contributed by atoms with Crippen LogP contribution < -0.4 is 0 Å². The molecule has 16 heavy (non-hydrogen) atoms. The van der Waals surface area contributed by atoms with Gasteiger partial charge in [-0.15, -0.1) is 0 Å². The zero-order valence-electron chi connectivity index (χ0n) is 8.25. The van der Waals surface area contributed by atoms with Crippen LogP contribution in [0.25, 0.3) is 0 Å². The van der Waals surface area contributed by atoms with Crippen LogP contribution in [0.5, 0.6) is 0 Å². The van der Waals surface area contributed by atoms with Crippen molar-refractivity contribution in [1.82, 2.24) is 0 Å². The highest BCUT2D eigenvalue weighted by Gasteiger charge is 2.06. The molecule has 0 aliphatic carbocycles. The molecule has 1 aromatic rings. The maximum absolute atomic E-state index is 10.9. The van der Waals surface area contributed by atoms with Gasteiger partial charge in [0.15, 0.2) is 11.1 Å². The molecule has 0 aromatic heterocycles. The highest BCUT2D eigenvalue weighted by molar-refractivity contribution is 7.80. The van der Waals surface area contributed by atoms with E-state index in [-0.39, 0.29) is 6.61 Å². The SMILES string of the molecule is N#Cc1ccc(COC(=O)CS(=O)O)cc1. The topological polar surface area (TPSA) is 87.4 Å². The molecule has 0 spiro atoms. The van der Waals surface area contributed by atoms with Crippen molar-refractivity contribution in [2.45, 2.75) is 6.61 Å².